The molecule has 3 heterocycles. The monoisotopic (exact) mass is 589 g/mol. The molecule has 0 unspecified atom stereocenters. The molecule has 2 saturated heterocycles. The summed E-state index contributed by atoms with van der Waals surface area (Å²) in [5, 5.41) is 12.3. The van der Waals surface area contributed by atoms with E-state index in [1.807, 2.05) is 42.5 Å². The molecule has 3 aromatic rings. The summed E-state index contributed by atoms with van der Waals surface area (Å²) in [5.41, 5.74) is 3.27. The fraction of sp³-hybridized carbons (Fsp3) is 0.438. The fourth-order valence-corrected chi connectivity index (χ4v) is 5.44. The number of carbonyl (C=O) groups is 2. The van der Waals surface area contributed by atoms with Gasteiger partial charge in [-0.05, 0) is 36.2 Å². The Hall–Kier alpha value is -3.90. The van der Waals surface area contributed by atoms with Crippen LogP contribution in [0, 0.1) is 5.92 Å². The van der Waals surface area contributed by atoms with Crippen molar-refractivity contribution in [3.63, 3.8) is 0 Å². The number of esters is 1. The number of ether oxygens (including phenoxy) is 3. The van der Waals surface area contributed by atoms with Gasteiger partial charge in [0.05, 0.1) is 18.8 Å². The van der Waals surface area contributed by atoms with Crippen LogP contribution >= 0.6 is 0 Å². The van der Waals surface area contributed by atoms with Gasteiger partial charge in [-0.2, -0.15) is 0 Å². The Bertz CT molecular complexity index is 1350. The number of aliphatic hydroxyl groups is 1. The van der Waals surface area contributed by atoms with E-state index in [4.69, 9.17) is 14.2 Å². The van der Waals surface area contributed by atoms with Crippen molar-refractivity contribution in [2.75, 3.05) is 42.9 Å². The number of nitrogens with zero attached hydrogens (tertiary/aromatic N) is 4. The molecule has 2 aromatic carbocycles. The van der Waals surface area contributed by atoms with E-state index in [9.17, 15) is 14.7 Å². The highest BCUT2D eigenvalue weighted by atomic mass is 16.7. The smallest absolute Gasteiger partial charge is 0.303 e. The van der Waals surface area contributed by atoms with Gasteiger partial charge in [-0.25, -0.2) is 9.97 Å². The summed E-state index contributed by atoms with van der Waals surface area (Å²) in [6.07, 6.45) is 1.69. The van der Waals surface area contributed by atoms with E-state index in [2.05, 4.69) is 32.0 Å². The van der Waals surface area contributed by atoms with Crippen molar-refractivity contribution in [2.45, 2.75) is 52.0 Å². The molecule has 0 saturated carbocycles. The van der Waals surface area contributed by atoms with Gasteiger partial charge in [0.2, 0.25) is 5.95 Å². The SMILES string of the molecule is CC(=O)O[C@@H](C)C(=O)Nc1ccc([C@H]2O[C@@H](CN3CCN(c4ncccn4)CC3)[C@@H](C)[C@@H](c3ccc(CO)cc3)O2)cc1. The molecule has 2 N–H and O–H groups in total. The summed E-state index contributed by atoms with van der Waals surface area (Å²) in [4.78, 5) is 37.0. The Labute approximate surface area is 251 Å². The molecule has 0 aliphatic carbocycles. The van der Waals surface area contributed by atoms with Crippen LogP contribution in [-0.4, -0.2) is 76.8 Å². The minimum absolute atomic E-state index is 0.0156. The predicted octanol–water partition coefficient (Wildman–Crippen LogP) is 3.47. The summed E-state index contributed by atoms with van der Waals surface area (Å²) in [6, 6.07) is 17.0. The number of aromatic nitrogens is 2. The van der Waals surface area contributed by atoms with Crippen LogP contribution in [0.2, 0.25) is 0 Å². The molecule has 5 atom stereocenters. The Morgan fingerprint density at radius 2 is 1.65 bits per heavy atom. The highest BCUT2D eigenvalue weighted by Gasteiger charge is 2.39. The highest BCUT2D eigenvalue weighted by molar-refractivity contribution is 5.94. The summed E-state index contributed by atoms with van der Waals surface area (Å²) < 4.78 is 18.1. The number of aliphatic hydroxyl groups excluding tert-OH is 1. The van der Waals surface area contributed by atoms with Crippen molar-refractivity contribution in [3.05, 3.63) is 83.7 Å². The Morgan fingerprint density at radius 1 is 1.00 bits per heavy atom. The van der Waals surface area contributed by atoms with Crippen molar-refractivity contribution in [2.24, 2.45) is 5.92 Å². The summed E-state index contributed by atoms with van der Waals surface area (Å²) in [5.74, 6) is -0.105. The second-order valence-electron chi connectivity index (χ2n) is 11.0. The Balaban J connectivity index is 1.29. The lowest BCUT2D eigenvalue weighted by Crippen LogP contribution is -2.51. The first kappa shape index (κ1) is 30.6. The Morgan fingerprint density at radius 3 is 2.28 bits per heavy atom. The van der Waals surface area contributed by atoms with Crippen LogP contribution in [0.3, 0.4) is 0 Å². The van der Waals surface area contributed by atoms with Crippen molar-refractivity contribution in [3.8, 4) is 0 Å². The van der Waals surface area contributed by atoms with Crippen molar-refractivity contribution in [1.29, 1.82) is 0 Å². The largest absolute Gasteiger partial charge is 0.453 e. The van der Waals surface area contributed by atoms with Crippen LogP contribution in [0.25, 0.3) is 0 Å². The van der Waals surface area contributed by atoms with E-state index in [0.717, 1.165) is 55.4 Å². The maximum absolute atomic E-state index is 12.4. The van der Waals surface area contributed by atoms with Crippen LogP contribution in [-0.2, 0) is 30.4 Å². The predicted molar refractivity (Wildman–Crippen MR) is 160 cm³/mol. The summed E-state index contributed by atoms with van der Waals surface area (Å²) in [7, 11) is 0. The zero-order valence-electron chi connectivity index (χ0n) is 24.8. The lowest BCUT2D eigenvalue weighted by Gasteiger charge is -2.44. The first-order valence-electron chi connectivity index (χ1n) is 14.6. The van der Waals surface area contributed by atoms with Crippen LogP contribution in [0.4, 0.5) is 11.6 Å². The maximum atomic E-state index is 12.4. The first-order chi connectivity index (χ1) is 20.8. The molecule has 11 nitrogen and oxygen atoms in total. The summed E-state index contributed by atoms with van der Waals surface area (Å²) >= 11 is 0. The van der Waals surface area contributed by atoms with Crippen LogP contribution < -0.4 is 10.2 Å². The van der Waals surface area contributed by atoms with E-state index >= 15 is 0 Å². The second kappa shape index (κ2) is 14.0. The van der Waals surface area contributed by atoms with Crippen LogP contribution in [0.15, 0.2) is 67.0 Å². The third-order valence-electron chi connectivity index (χ3n) is 7.93. The van der Waals surface area contributed by atoms with Gasteiger partial charge in [0.25, 0.3) is 5.91 Å². The number of nitrogens with one attached hydrogen (secondary N) is 1. The second-order valence-corrected chi connectivity index (χ2v) is 11.0. The van der Waals surface area contributed by atoms with Crippen LogP contribution in [0.1, 0.15) is 49.9 Å². The van der Waals surface area contributed by atoms with Gasteiger partial charge in [-0.15, -0.1) is 0 Å². The van der Waals surface area contributed by atoms with Gasteiger partial charge in [-0.3, -0.25) is 14.5 Å². The zero-order valence-corrected chi connectivity index (χ0v) is 24.8. The van der Waals surface area contributed by atoms with E-state index in [-0.39, 0.29) is 24.7 Å². The fourth-order valence-electron chi connectivity index (χ4n) is 5.44. The molecule has 1 amide bonds. The van der Waals surface area contributed by atoms with Crippen molar-refractivity contribution >= 4 is 23.5 Å². The molecular formula is C32H39N5O6. The lowest BCUT2D eigenvalue weighted by atomic mass is 9.90. The van der Waals surface area contributed by atoms with Crippen molar-refractivity contribution in [1.82, 2.24) is 14.9 Å². The molecule has 5 rings (SSSR count). The molecular weight excluding hydrogens is 550 g/mol. The molecule has 0 spiro atoms. The van der Waals surface area contributed by atoms with E-state index < -0.39 is 24.3 Å². The molecule has 43 heavy (non-hydrogen) atoms. The number of carbonyl (C=O) groups excluding carboxylic acids is 2. The van der Waals surface area contributed by atoms with Gasteiger partial charge in [0.1, 0.15) is 0 Å². The minimum atomic E-state index is -0.899. The normalized spacial score (nSPS) is 23.4. The number of amides is 1. The molecule has 1 aromatic heterocycles. The van der Waals surface area contributed by atoms with Gasteiger partial charge in [-0.1, -0.05) is 43.3 Å². The molecule has 0 bridgehead atoms. The molecule has 228 valence electrons. The average Bonchev–Trinajstić information content (AvgIpc) is 3.03. The molecule has 0 radical (unpaired) electrons. The van der Waals surface area contributed by atoms with Gasteiger partial charge in [0.15, 0.2) is 12.4 Å². The number of hydrogen-bond donors (Lipinski definition) is 2. The minimum Gasteiger partial charge on any atom is -0.453 e. The quantitative estimate of drug-likeness (QED) is 0.358. The lowest BCUT2D eigenvalue weighted by molar-refractivity contribution is -0.276. The van der Waals surface area contributed by atoms with E-state index in [1.54, 1.807) is 24.5 Å². The van der Waals surface area contributed by atoms with Gasteiger partial charge >= 0.3 is 5.97 Å². The highest BCUT2D eigenvalue weighted by Crippen LogP contribution is 2.42. The maximum Gasteiger partial charge on any atom is 0.303 e. The molecule has 2 aliphatic heterocycles. The zero-order chi connectivity index (χ0) is 30.3. The molecule has 2 aliphatic rings. The number of anilines is 2. The van der Waals surface area contributed by atoms with Crippen molar-refractivity contribution < 1.29 is 28.9 Å². The van der Waals surface area contributed by atoms with Crippen LogP contribution in [0.5, 0.6) is 0 Å². The number of hydrogen-bond acceptors (Lipinski definition) is 10. The summed E-state index contributed by atoms with van der Waals surface area (Å²) in [6.45, 7) is 9.08. The standard InChI is InChI=1S/C32H39N5O6/c1-21-28(19-36-15-17-37(18-16-36)32-33-13-4-14-34-32)42-31(43-29(21)25-7-5-24(20-38)6-8-25)26-9-11-27(12-10-26)35-30(40)22(2)41-23(3)39/h4-14,21-22,28-29,31,38H,15-20H2,1-3H3,(H,35,40)/t21-,22+,28+,29+,31+/m1/s1. The Kier molecular flexibility index (Phi) is 9.98. The number of benzene rings is 2. The first-order valence-corrected chi connectivity index (χ1v) is 14.6. The number of piperazine rings is 1. The van der Waals surface area contributed by atoms with Gasteiger partial charge in [0, 0.05) is 69.2 Å². The molecule has 2 fully saturated rings. The van der Waals surface area contributed by atoms with E-state index in [0.29, 0.717) is 5.69 Å². The third kappa shape index (κ3) is 7.74. The van der Waals surface area contributed by atoms with Gasteiger partial charge < -0.3 is 29.5 Å². The third-order valence-corrected chi connectivity index (χ3v) is 7.93. The molecule has 11 heteroatoms. The number of rotatable bonds is 9. The topological polar surface area (TPSA) is 126 Å². The van der Waals surface area contributed by atoms with E-state index in [1.165, 1.54) is 13.8 Å². The average molecular weight is 590 g/mol.